The topological polar surface area (TPSA) is 37.1 Å². The van der Waals surface area contributed by atoms with Gasteiger partial charge in [0.15, 0.2) is 5.54 Å². The van der Waals surface area contributed by atoms with Crippen molar-refractivity contribution in [3.05, 3.63) is 35.7 Å². The second-order valence-corrected chi connectivity index (χ2v) is 3.13. The predicted octanol–water partition coefficient (Wildman–Crippen LogP) is 1.30. The van der Waals surface area contributed by atoms with Crippen LogP contribution in [0.1, 0.15) is 0 Å². The zero-order valence-electron chi connectivity index (χ0n) is 6.88. The van der Waals surface area contributed by atoms with Gasteiger partial charge in [0, 0.05) is 42.2 Å². The van der Waals surface area contributed by atoms with Crippen molar-refractivity contribution in [2.24, 2.45) is 15.0 Å². The molecule has 3 aliphatic rings. The largest absolute Gasteiger partial charge is 0.271 e. The van der Waals surface area contributed by atoms with Crippen LogP contribution in [0.3, 0.4) is 0 Å². The molecule has 0 amide bonds. The van der Waals surface area contributed by atoms with Crippen molar-refractivity contribution < 1.29 is 0 Å². The van der Waals surface area contributed by atoms with Gasteiger partial charge in [0.05, 0.1) is 0 Å². The Morgan fingerprint density at radius 1 is 1.08 bits per heavy atom. The molecule has 1 spiro atoms. The minimum Gasteiger partial charge on any atom is -0.271 e. The maximum atomic E-state index is 4.46. The van der Waals surface area contributed by atoms with Crippen molar-refractivity contribution in [3.63, 3.8) is 0 Å². The average molecular weight is 169 g/mol. The van der Waals surface area contributed by atoms with E-state index in [1.165, 1.54) is 0 Å². The summed E-state index contributed by atoms with van der Waals surface area (Å²) in [5, 5.41) is 0. The van der Waals surface area contributed by atoms with Crippen molar-refractivity contribution in [2.75, 3.05) is 0 Å². The molecule has 0 saturated heterocycles. The van der Waals surface area contributed by atoms with Gasteiger partial charge in [0.1, 0.15) is 0 Å². The third-order valence-electron chi connectivity index (χ3n) is 2.42. The van der Waals surface area contributed by atoms with E-state index in [2.05, 4.69) is 15.0 Å². The highest BCUT2D eigenvalue weighted by atomic mass is 15.0. The van der Waals surface area contributed by atoms with Crippen LogP contribution in [0.25, 0.3) is 0 Å². The van der Waals surface area contributed by atoms with Crippen LogP contribution in [-0.2, 0) is 0 Å². The zero-order chi connectivity index (χ0) is 8.73. The maximum absolute atomic E-state index is 4.46. The first-order valence-electron chi connectivity index (χ1n) is 4.12. The van der Waals surface area contributed by atoms with Crippen LogP contribution in [-0.4, -0.2) is 24.2 Å². The molecule has 13 heavy (non-hydrogen) atoms. The van der Waals surface area contributed by atoms with E-state index in [0.717, 1.165) is 11.1 Å². The smallest absolute Gasteiger partial charge is 0.150 e. The Labute approximate surface area is 75.6 Å². The molecule has 0 aromatic rings. The number of nitrogens with zero attached hydrogens (tertiary/aromatic N) is 3. The molecule has 0 radical (unpaired) electrons. The van der Waals surface area contributed by atoms with E-state index in [-0.39, 0.29) is 5.54 Å². The molecule has 0 saturated carbocycles. The molecule has 1 unspecified atom stereocenters. The van der Waals surface area contributed by atoms with Gasteiger partial charge >= 0.3 is 0 Å². The Bertz CT molecular complexity index is 435. The summed E-state index contributed by atoms with van der Waals surface area (Å²) in [5.74, 6) is 0. The van der Waals surface area contributed by atoms with Gasteiger partial charge in [-0.2, -0.15) is 0 Å². The molecule has 3 nitrogen and oxygen atoms in total. The lowest BCUT2D eigenvalue weighted by Gasteiger charge is -2.28. The Morgan fingerprint density at radius 3 is 3.00 bits per heavy atom. The molecule has 0 fully saturated rings. The molecule has 0 bridgehead atoms. The highest BCUT2D eigenvalue weighted by Gasteiger charge is 2.39. The summed E-state index contributed by atoms with van der Waals surface area (Å²) in [4.78, 5) is 12.7. The number of hydrogen-bond acceptors (Lipinski definition) is 3. The third kappa shape index (κ3) is 0.710. The second-order valence-electron chi connectivity index (χ2n) is 3.13. The lowest BCUT2D eigenvalue weighted by Crippen LogP contribution is -2.34. The van der Waals surface area contributed by atoms with Gasteiger partial charge in [-0.1, -0.05) is 6.08 Å². The first kappa shape index (κ1) is 6.71. The van der Waals surface area contributed by atoms with Gasteiger partial charge in [-0.25, -0.2) is 0 Å². The van der Waals surface area contributed by atoms with Crippen LogP contribution in [0.15, 0.2) is 50.7 Å². The van der Waals surface area contributed by atoms with Crippen molar-refractivity contribution in [1.29, 1.82) is 0 Å². The molecule has 1 atom stereocenters. The molecular formula is C10H7N3. The van der Waals surface area contributed by atoms with E-state index >= 15 is 0 Å². The fourth-order valence-electron chi connectivity index (χ4n) is 1.73. The summed E-state index contributed by atoms with van der Waals surface area (Å²) in [6, 6.07) is 0. The predicted molar refractivity (Wildman–Crippen MR) is 53.5 cm³/mol. The van der Waals surface area contributed by atoms with E-state index in [1.807, 2.05) is 43.2 Å². The highest BCUT2D eigenvalue weighted by Crippen LogP contribution is 2.35. The van der Waals surface area contributed by atoms with Gasteiger partial charge in [-0.05, 0) is 6.08 Å². The molecular weight excluding hydrogens is 162 g/mol. The van der Waals surface area contributed by atoms with Gasteiger partial charge in [-0.15, -0.1) is 0 Å². The first-order chi connectivity index (χ1) is 6.42. The minimum atomic E-state index is -0.351. The van der Waals surface area contributed by atoms with E-state index in [1.54, 1.807) is 0 Å². The molecule has 3 heterocycles. The molecule has 3 heteroatoms. The molecule has 3 rings (SSSR count). The SMILES string of the molecule is C1=CC2=CN=CC3=CN=CC23N=C1. The quantitative estimate of drug-likeness (QED) is 0.524. The Morgan fingerprint density at radius 2 is 2.00 bits per heavy atom. The second kappa shape index (κ2) is 2.13. The van der Waals surface area contributed by atoms with Crippen LogP contribution in [0.5, 0.6) is 0 Å². The highest BCUT2D eigenvalue weighted by molar-refractivity contribution is 6.02. The summed E-state index contributed by atoms with van der Waals surface area (Å²) in [6.07, 6.45) is 13.1. The van der Waals surface area contributed by atoms with Crippen molar-refractivity contribution in [2.45, 2.75) is 5.54 Å². The Kier molecular flexibility index (Phi) is 1.10. The maximum Gasteiger partial charge on any atom is 0.150 e. The number of dihydropyridines is 1. The Balaban J connectivity index is 2.28. The van der Waals surface area contributed by atoms with Gasteiger partial charge in [0.2, 0.25) is 0 Å². The number of rotatable bonds is 0. The summed E-state index contributed by atoms with van der Waals surface area (Å²) in [6.45, 7) is 0. The number of hydrogen-bond donors (Lipinski definition) is 0. The third-order valence-corrected chi connectivity index (χ3v) is 2.42. The lowest BCUT2D eigenvalue weighted by molar-refractivity contribution is 0.833. The molecule has 3 aliphatic heterocycles. The summed E-state index contributed by atoms with van der Waals surface area (Å²) in [5.41, 5.74) is 1.78. The van der Waals surface area contributed by atoms with Crippen LogP contribution < -0.4 is 0 Å². The average Bonchev–Trinajstić information content (AvgIpc) is 2.58. The van der Waals surface area contributed by atoms with Crippen LogP contribution >= 0.6 is 0 Å². The first-order valence-corrected chi connectivity index (χ1v) is 4.12. The molecule has 0 aliphatic carbocycles. The fourth-order valence-corrected chi connectivity index (χ4v) is 1.73. The van der Waals surface area contributed by atoms with E-state index in [0.29, 0.717) is 0 Å². The normalized spacial score (nSPS) is 32.6. The van der Waals surface area contributed by atoms with Crippen molar-refractivity contribution in [3.8, 4) is 0 Å². The Hall–Kier alpha value is -1.77. The molecule has 0 aromatic carbocycles. The van der Waals surface area contributed by atoms with Gasteiger partial charge < -0.3 is 0 Å². The standard InChI is InChI=1S/C10H7N3/c1-2-8-4-11-5-9-6-12-7-10(8,9)13-3-1/h1-7H. The summed E-state index contributed by atoms with van der Waals surface area (Å²) < 4.78 is 0. The van der Waals surface area contributed by atoms with E-state index in [9.17, 15) is 0 Å². The van der Waals surface area contributed by atoms with E-state index in [4.69, 9.17) is 0 Å². The minimum absolute atomic E-state index is 0.351. The van der Waals surface area contributed by atoms with Crippen LogP contribution in [0.2, 0.25) is 0 Å². The fraction of sp³-hybridized carbons (Fsp3) is 0.100. The molecule has 0 N–H and O–H groups in total. The molecule has 62 valence electrons. The van der Waals surface area contributed by atoms with Gasteiger partial charge in [-0.3, -0.25) is 15.0 Å². The van der Waals surface area contributed by atoms with Gasteiger partial charge in [0.25, 0.3) is 0 Å². The van der Waals surface area contributed by atoms with Crippen LogP contribution in [0.4, 0.5) is 0 Å². The zero-order valence-corrected chi connectivity index (χ0v) is 6.88. The van der Waals surface area contributed by atoms with Crippen molar-refractivity contribution >= 4 is 18.6 Å². The number of aliphatic imine (C=N–C) groups is 3. The van der Waals surface area contributed by atoms with E-state index < -0.39 is 0 Å². The summed E-state index contributed by atoms with van der Waals surface area (Å²) in [7, 11) is 0. The van der Waals surface area contributed by atoms with Crippen LogP contribution in [0, 0.1) is 0 Å². The number of allylic oxidation sites excluding steroid dienone is 1. The lowest BCUT2D eigenvalue weighted by atomic mass is 9.83. The van der Waals surface area contributed by atoms with Crippen molar-refractivity contribution in [1.82, 2.24) is 0 Å². The molecule has 0 aromatic heterocycles. The summed E-state index contributed by atoms with van der Waals surface area (Å²) >= 11 is 0. The monoisotopic (exact) mass is 169 g/mol.